The fraction of sp³-hybridized carbons (Fsp3) is 0.923. The average Bonchev–Trinajstić information content (AvgIpc) is 2.76. The van der Waals surface area contributed by atoms with Gasteiger partial charge in [0.15, 0.2) is 0 Å². The van der Waals surface area contributed by atoms with Crippen LogP contribution in [-0.2, 0) is 13.3 Å². The van der Waals surface area contributed by atoms with Gasteiger partial charge in [0.05, 0.1) is 12.4 Å². The van der Waals surface area contributed by atoms with E-state index in [0.717, 1.165) is 37.9 Å². The van der Waals surface area contributed by atoms with Gasteiger partial charge in [-0.25, -0.2) is 0 Å². The third-order valence-electron chi connectivity index (χ3n) is 3.17. The van der Waals surface area contributed by atoms with Crippen molar-refractivity contribution < 1.29 is 13.3 Å². The molecule has 1 aliphatic rings. The Kier molecular flexibility index (Phi) is 7.59. The standard InChI is InChI=1S/C13H28N2O3Si/c1-5-16-19(17-6-2,18-7-3)12-8-10-15-11-9-14-13(15)4/h5-12H2,1-4H3. The molecule has 1 aliphatic heterocycles. The highest BCUT2D eigenvalue weighted by atomic mass is 28.4. The molecule has 112 valence electrons. The zero-order chi connectivity index (χ0) is 14.1. The van der Waals surface area contributed by atoms with Crippen molar-refractivity contribution in [3.05, 3.63) is 0 Å². The number of rotatable bonds is 10. The van der Waals surface area contributed by atoms with E-state index < -0.39 is 8.80 Å². The van der Waals surface area contributed by atoms with E-state index in [1.165, 1.54) is 0 Å². The van der Waals surface area contributed by atoms with Crippen LogP contribution in [0.2, 0.25) is 6.04 Å². The Hall–Kier alpha value is -0.433. The number of hydrogen-bond acceptors (Lipinski definition) is 5. The summed E-state index contributed by atoms with van der Waals surface area (Å²) in [7, 11) is -2.46. The van der Waals surface area contributed by atoms with Crippen LogP contribution >= 0.6 is 0 Å². The minimum absolute atomic E-state index is 0.649. The summed E-state index contributed by atoms with van der Waals surface area (Å²) < 4.78 is 17.5. The van der Waals surface area contributed by atoms with Crippen molar-refractivity contribution in [3.8, 4) is 0 Å². The van der Waals surface area contributed by atoms with Crippen LogP contribution < -0.4 is 0 Å². The molecule has 0 atom stereocenters. The molecule has 0 unspecified atom stereocenters. The highest BCUT2D eigenvalue weighted by Crippen LogP contribution is 2.19. The predicted octanol–water partition coefficient (Wildman–Crippen LogP) is 2.16. The first kappa shape index (κ1) is 16.6. The van der Waals surface area contributed by atoms with Crippen molar-refractivity contribution in [2.24, 2.45) is 4.99 Å². The van der Waals surface area contributed by atoms with E-state index in [1.807, 2.05) is 20.8 Å². The molecule has 0 aliphatic carbocycles. The smallest absolute Gasteiger partial charge is 0.374 e. The quantitative estimate of drug-likeness (QED) is 0.578. The highest BCUT2D eigenvalue weighted by molar-refractivity contribution is 6.60. The van der Waals surface area contributed by atoms with E-state index >= 15 is 0 Å². The van der Waals surface area contributed by atoms with Gasteiger partial charge in [0.2, 0.25) is 0 Å². The van der Waals surface area contributed by atoms with Crippen LogP contribution in [0.3, 0.4) is 0 Å². The summed E-state index contributed by atoms with van der Waals surface area (Å²) in [6.07, 6.45) is 1.03. The monoisotopic (exact) mass is 288 g/mol. The Balaban J connectivity index is 2.44. The number of amidine groups is 1. The third kappa shape index (κ3) is 5.22. The molecule has 1 heterocycles. The van der Waals surface area contributed by atoms with Crippen LogP contribution in [0.1, 0.15) is 34.1 Å². The average molecular weight is 288 g/mol. The van der Waals surface area contributed by atoms with Gasteiger partial charge in [0.25, 0.3) is 0 Å². The Morgan fingerprint density at radius 3 is 2.11 bits per heavy atom. The summed E-state index contributed by atoms with van der Waals surface area (Å²) in [6.45, 7) is 13.0. The molecule has 0 amide bonds. The van der Waals surface area contributed by atoms with E-state index in [9.17, 15) is 0 Å². The summed E-state index contributed by atoms with van der Waals surface area (Å²) in [5.41, 5.74) is 0. The molecule has 0 saturated carbocycles. The molecule has 0 aromatic rings. The summed E-state index contributed by atoms with van der Waals surface area (Å²) in [6, 6.07) is 0.881. The lowest BCUT2D eigenvalue weighted by Crippen LogP contribution is -2.46. The summed E-state index contributed by atoms with van der Waals surface area (Å²) >= 11 is 0. The lowest BCUT2D eigenvalue weighted by Gasteiger charge is -2.29. The lowest BCUT2D eigenvalue weighted by molar-refractivity contribution is 0.0704. The molecular formula is C13H28N2O3Si. The van der Waals surface area contributed by atoms with Gasteiger partial charge in [-0.15, -0.1) is 0 Å². The predicted molar refractivity (Wildman–Crippen MR) is 79.6 cm³/mol. The van der Waals surface area contributed by atoms with Crippen molar-refractivity contribution in [1.82, 2.24) is 4.90 Å². The van der Waals surface area contributed by atoms with Crippen molar-refractivity contribution >= 4 is 14.6 Å². The Bertz CT molecular complexity index is 270. The maximum Gasteiger partial charge on any atom is 0.500 e. The highest BCUT2D eigenvalue weighted by Gasteiger charge is 2.39. The van der Waals surface area contributed by atoms with Gasteiger partial charge in [-0.2, -0.15) is 0 Å². The Labute approximate surface area is 118 Å². The molecule has 0 N–H and O–H groups in total. The summed E-state index contributed by atoms with van der Waals surface area (Å²) in [4.78, 5) is 6.72. The second-order valence-corrected chi connectivity index (χ2v) is 7.23. The van der Waals surface area contributed by atoms with Crippen molar-refractivity contribution in [2.75, 3.05) is 39.5 Å². The van der Waals surface area contributed by atoms with Crippen LogP contribution in [0.4, 0.5) is 0 Å². The second kappa shape index (κ2) is 8.68. The number of nitrogens with zero attached hydrogens (tertiary/aromatic N) is 2. The molecule has 0 saturated heterocycles. The number of aliphatic imine (C=N–C) groups is 1. The van der Waals surface area contributed by atoms with Gasteiger partial charge in [-0.1, -0.05) is 0 Å². The zero-order valence-corrected chi connectivity index (χ0v) is 13.8. The van der Waals surface area contributed by atoms with E-state index in [2.05, 4.69) is 16.8 Å². The normalized spacial score (nSPS) is 16.0. The maximum absolute atomic E-state index is 5.85. The molecule has 1 rings (SSSR count). The van der Waals surface area contributed by atoms with Gasteiger partial charge in [-0.05, 0) is 34.1 Å². The first-order valence-electron chi connectivity index (χ1n) is 7.35. The minimum atomic E-state index is -2.46. The van der Waals surface area contributed by atoms with Gasteiger partial charge in [0, 0.05) is 39.0 Å². The van der Waals surface area contributed by atoms with Gasteiger partial charge < -0.3 is 18.2 Å². The SMILES string of the molecule is CCO[Si](CCCN1CCN=C1C)(OCC)OCC. The molecule has 0 aromatic carbocycles. The number of hydrogen-bond donors (Lipinski definition) is 0. The van der Waals surface area contributed by atoms with Crippen LogP contribution in [0.5, 0.6) is 0 Å². The molecule has 0 bridgehead atoms. The fourth-order valence-corrected chi connectivity index (χ4v) is 4.95. The van der Waals surface area contributed by atoms with Crippen LogP contribution in [0.25, 0.3) is 0 Å². The van der Waals surface area contributed by atoms with E-state index in [4.69, 9.17) is 13.3 Å². The molecule has 6 heteroatoms. The summed E-state index contributed by atoms with van der Waals surface area (Å²) in [5.74, 6) is 1.15. The van der Waals surface area contributed by atoms with Gasteiger partial charge in [-0.3, -0.25) is 4.99 Å². The second-order valence-electron chi connectivity index (χ2n) is 4.50. The fourth-order valence-electron chi connectivity index (χ4n) is 2.36. The lowest BCUT2D eigenvalue weighted by atomic mass is 10.4. The largest absolute Gasteiger partial charge is 0.500 e. The van der Waals surface area contributed by atoms with Crippen molar-refractivity contribution in [1.29, 1.82) is 0 Å². The molecule has 0 spiro atoms. The third-order valence-corrected chi connectivity index (χ3v) is 6.32. The minimum Gasteiger partial charge on any atom is -0.374 e. The Morgan fingerprint density at radius 2 is 1.68 bits per heavy atom. The van der Waals surface area contributed by atoms with E-state index in [1.54, 1.807) is 0 Å². The van der Waals surface area contributed by atoms with Crippen molar-refractivity contribution in [3.63, 3.8) is 0 Å². The van der Waals surface area contributed by atoms with E-state index in [0.29, 0.717) is 19.8 Å². The zero-order valence-electron chi connectivity index (χ0n) is 12.8. The first-order chi connectivity index (χ1) is 9.17. The first-order valence-corrected chi connectivity index (χ1v) is 9.28. The topological polar surface area (TPSA) is 43.3 Å². The van der Waals surface area contributed by atoms with E-state index in [-0.39, 0.29) is 0 Å². The van der Waals surface area contributed by atoms with Gasteiger partial charge >= 0.3 is 8.80 Å². The molecule has 0 radical (unpaired) electrons. The van der Waals surface area contributed by atoms with Crippen molar-refractivity contribution in [2.45, 2.75) is 40.2 Å². The Morgan fingerprint density at radius 1 is 1.11 bits per heavy atom. The molecule has 19 heavy (non-hydrogen) atoms. The molecule has 0 aromatic heterocycles. The molecule has 5 nitrogen and oxygen atoms in total. The summed E-state index contributed by atoms with van der Waals surface area (Å²) in [5, 5.41) is 0. The van der Waals surface area contributed by atoms with Crippen LogP contribution in [0.15, 0.2) is 4.99 Å². The maximum atomic E-state index is 5.85. The molecular weight excluding hydrogens is 260 g/mol. The van der Waals surface area contributed by atoms with Crippen LogP contribution in [-0.4, -0.2) is 59.0 Å². The van der Waals surface area contributed by atoms with Crippen LogP contribution in [0, 0.1) is 0 Å². The molecule has 0 fully saturated rings. The van der Waals surface area contributed by atoms with Gasteiger partial charge in [0.1, 0.15) is 0 Å².